The summed E-state index contributed by atoms with van der Waals surface area (Å²) < 4.78 is 20.0. The zero-order valence-electron chi connectivity index (χ0n) is 13.8. The SMILES string of the molecule is CNc1cc(C)cc(COc2c(Cl)cc(CCC(=O)O)cc2Cl)c1F. The molecule has 0 heterocycles. The topological polar surface area (TPSA) is 58.6 Å². The number of hydrogen-bond acceptors (Lipinski definition) is 3. The predicted octanol–water partition coefficient (Wildman–Crippen LogP) is 5.08. The molecule has 0 atom stereocenters. The van der Waals surface area contributed by atoms with Crippen molar-refractivity contribution in [3.63, 3.8) is 0 Å². The summed E-state index contributed by atoms with van der Waals surface area (Å²) in [6, 6.07) is 6.62. The molecule has 0 saturated carbocycles. The first-order valence-corrected chi connectivity index (χ1v) is 8.36. The van der Waals surface area contributed by atoms with Crippen molar-refractivity contribution in [1.82, 2.24) is 0 Å². The highest BCUT2D eigenvalue weighted by atomic mass is 35.5. The van der Waals surface area contributed by atoms with E-state index in [0.717, 1.165) is 5.56 Å². The van der Waals surface area contributed by atoms with Crippen molar-refractivity contribution in [2.24, 2.45) is 0 Å². The minimum atomic E-state index is -0.900. The van der Waals surface area contributed by atoms with Gasteiger partial charge in [-0.15, -0.1) is 0 Å². The number of hydrogen-bond donors (Lipinski definition) is 2. The standard InChI is InChI=1S/C18H18Cl2FNO3/c1-10-5-12(17(21)15(6-10)22-2)9-25-18-13(19)7-11(8-14(18)20)3-4-16(23)24/h5-8,22H,3-4,9H2,1-2H3,(H,23,24). The number of nitrogens with one attached hydrogen (secondary N) is 1. The van der Waals surface area contributed by atoms with Crippen molar-refractivity contribution in [2.75, 3.05) is 12.4 Å². The normalized spacial score (nSPS) is 10.6. The van der Waals surface area contributed by atoms with Crippen LogP contribution in [0.25, 0.3) is 0 Å². The second-order valence-electron chi connectivity index (χ2n) is 5.61. The summed E-state index contributed by atoms with van der Waals surface area (Å²) in [6.45, 7) is 1.83. The lowest BCUT2D eigenvalue weighted by Gasteiger charge is -2.14. The van der Waals surface area contributed by atoms with Gasteiger partial charge in [0.05, 0.1) is 15.7 Å². The lowest BCUT2D eigenvalue weighted by molar-refractivity contribution is -0.136. The summed E-state index contributed by atoms with van der Waals surface area (Å²) in [5.74, 6) is -1.05. The molecule has 134 valence electrons. The second-order valence-corrected chi connectivity index (χ2v) is 6.42. The molecule has 7 heteroatoms. The summed E-state index contributed by atoms with van der Waals surface area (Å²) in [4.78, 5) is 10.6. The van der Waals surface area contributed by atoms with Crippen LogP contribution in [0.1, 0.15) is 23.1 Å². The van der Waals surface area contributed by atoms with Crippen molar-refractivity contribution < 1.29 is 19.0 Å². The Hall–Kier alpha value is -1.98. The number of aryl methyl sites for hydroxylation is 2. The second kappa shape index (κ2) is 8.41. The van der Waals surface area contributed by atoms with E-state index in [-0.39, 0.29) is 28.8 Å². The van der Waals surface area contributed by atoms with Crippen molar-refractivity contribution in [2.45, 2.75) is 26.4 Å². The predicted molar refractivity (Wildman–Crippen MR) is 97.4 cm³/mol. The van der Waals surface area contributed by atoms with Gasteiger partial charge in [0.1, 0.15) is 6.61 Å². The summed E-state index contributed by atoms with van der Waals surface area (Å²) in [6.07, 6.45) is 0.293. The van der Waals surface area contributed by atoms with Crippen LogP contribution >= 0.6 is 23.2 Å². The van der Waals surface area contributed by atoms with Gasteiger partial charge >= 0.3 is 5.97 Å². The zero-order chi connectivity index (χ0) is 18.6. The fraction of sp³-hybridized carbons (Fsp3) is 0.278. The van der Waals surface area contributed by atoms with Gasteiger partial charge < -0.3 is 15.2 Å². The molecule has 0 aliphatic heterocycles. The lowest BCUT2D eigenvalue weighted by Crippen LogP contribution is -2.04. The molecule has 0 saturated heterocycles. The summed E-state index contributed by atoms with van der Waals surface area (Å²) in [5.41, 5.74) is 2.36. The maximum atomic E-state index is 14.3. The van der Waals surface area contributed by atoms with Crippen LogP contribution in [0.3, 0.4) is 0 Å². The fourth-order valence-electron chi connectivity index (χ4n) is 2.43. The summed E-state index contributed by atoms with van der Waals surface area (Å²) >= 11 is 12.4. The molecule has 0 fully saturated rings. The van der Waals surface area contributed by atoms with Gasteiger partial charge in [-0.3, -0.25) is 4.79 Å². The van der Waals surface area contributed by atoms with E-state index in [4.69, 9.17) is 33.0 Å². The molecule has 0 aliphatic rings. The van der Waals surface area contributed by atoms with Gasteiger partial charge in [-0.2, -0.15) is 0 Å². The fourth-order valence-corrected chi connectivity index (χ4v) is 3.07. The number of carboxylic acid groups (broad SMARTS) is 1. The molecule has 0 aromatic heterocycles. The Bertz CT molecular complexity index is 773. The van der Waals surface area contributed by atoms with E-state index in [1.54, 1.807) is 31.3 Å². The Morgan fingerprint density at radius 1 is 1.24 bits per heavy atom. The molecule has 0 aliphatic carbocycles. The average molecular weight is 386 g/mol. The van der Waals surface area contributed by atoms with E-state index in [1.807, 2.05) is 6.92 Å². The third-order valence-electron chi connectivity index (χ3n) is 3.62. The van der Waals surface area contributed by atoms with E-state index >= 15 is 0 Å². The van der Waals surface area contributed by atoms with Crippen LogP contribution < -0.4 is 10.1 Å². The van der Waals surface area contributed by atoms with E-state index in [0.29, 0.717) is 23.2 Å². The molecule has 25 heavy (non-hydrogen) atoms. The largest absolute Gasteiger partial charge is 0.486 e. The molecule has 4 nitrogen and oxygen atoms in total. The number of halogens is 3. The van der Waals surface area contributed by atoms with Crippen LogP contribution in [0.5, 0.6) is 5.75 Å². The minimum absolute atomic E-state index is 0.0197. The van der Waals surface area contributed by atoms with Gasteiger partial charge in [0.25, 0.3) is 0 Å². The number of rotatable bonds is 7. The summed E-state index contributed by atoms with van der Waals surface area (Å²) in [7, 11) is 1.64. The number of carboxylic acids is 1. The van der Waals surface area contributed by atoms with Gasteiger partial charge in [0, 0.05) is 19.0 Å². The molecule has 2 aromatic carbocycles. The van der Waals surface area contributed by atoms with Crippen molar-refractivity contribution in [3.8, 4) is 5.75 Å². The molecule has 0 unspecified atom stereocenters. The van der Waals surface area contributed by atoms with E-state index in [2.05, 4.69) is 5.32 Å². The number of ether oxygens (including phenoxy) is 1. The quantitative estimate of drug-likeness (QED) is 0.697. The Balaban J connectivity index is 2.19. The molecule has 0 radical (unpaired) electrons. The molecular weight excluding hydrogens is 368 g/mol. The first-order valence-electron chi connectivity index (χ1n) is 7.61. The van der Waals surface area contributed by atoms with Gasteiger partial charge in [-0.05, 0) is 48.7 Å². The maximum absolute atomic E-state index is 14.3. The van der Waals surface area contributed by atoms with Crippen molar-refractivity contribution in [3.05, 3.63) is 56.8 Å². The molecular formula is C18H18Cl2FNO3. The third-order valence-corrected chi connectivity index (χ3v) is 4.18. The molecule has 2 aromatic rings. The van der Waals surface area contributed by atoms with Crippen LogP contribution in [-0.2, 0) is 17.8 Å². The highest BCUT2D eigenvalue weighted by Crippen LogP contribution is 2.35. The third kappa shape index (κ3) is 5.00. The highest BCUT2D eigenvalue weighted by Gasteiger charge is 2.14. The number of benzene rings is 2. The number of aliphatic carboxylic acids is 1. The van der Waals surface area contributed by atoms with Crippen LogP contribution in [0.4, 0.5) is 10.1 Å². The highest BCUT2D eigenvalue weighted by molar-refractivity contribution is 6.37. The van der Waals surface area contributed by atoms with Crippen molar-refractivity contribution >= 4 is 34.9 Å². The van der Waals surface area contributed by atoms with Crippen LogP contribution in [0, 0.1) is 12.7 Å². The van der Waals surface area contributed by atoms with Gasteiger partial charge in [-0.25, -0.2) is 4.39 Å². The first kappa shape index (κ1) is 19.3. The number of carbonyl (C=O) groups is 1. The Morgan fingerprint density at radius 3 is 2.44 bits per heavy atom. The smallest absolute Gasteiger partial charge is 0.303 e. The zero-order valence-corrected chi connectivity index (χ0v) is 15.3. The minimum Gasteiger partial charge on any atom is -0.486 e. The monoisotopic (exact) mass is 385 g/mol. The van der Waals surface area contributed by atoms with Gasteiger partial charge in [0.2, 0.25) is 0 Å². The molecule has 0 spiro atoms. The van der Waals surface area contributed by atoms with E-state index in [1.165, 1.54) is 0 Å². The maximum Gasteiger partial charge on any atom is 0.303 e. The van der Waals surface area contributed by atoms with Crippen LogP contribution in [0.15, 0.2) is 24.3 Å². The van der Waals surface area contributed by atoms with E-state index in [9.17, 15) is 9.18 Å². The molecule has 0 amide bonds. The molecule has 2 rings (SSSR count). The van der Waals surface area contributed by atoms with Crippen LogP contribution in [-0.4, -0.2) is 18.1 Å². The Morgan fingerprint density at radius 2 is 1.88 bits per heavy atom. The number of anilines is 1. The Kier molecular flexibility index (Phi) is 6.51. The van der Waals surface area contributed by atoms with Crippen LogP contribution in [0.2, 0.25) is 10.0 Å². The first-order chi connectivity index (χ1) is 11.8. The summed E-state index contributed by atoms with van der Waals surface area (Å²) in [5, 5.41) is 12.1. The average Bonchev–Trinajstić information content (AvgIpc) is 2.54. The molecule has 0 bridgehead atoms. The van der Waals surface area contributed by atoms with Gasteiger partial charge in [-0.1, -0.05) is 23.2 Å². The Labute approximate surface area is 155 Å². The van der Waals surface area contributed by atoms with Crippen molar-refractivity contribution in [1.29, 1.82) is 0 Å². The van der Waals surface area contributed by atoms with Gasteiger partial charge in [0.15, 0.2) is 11.6 Å². The molecule has 2 N–H and O–H groups in total. The lowest BCUT2D eigenvalue weighted by atomic mass is 10.1. The van der Waals surface area contributed by atoms with E-state index < -0.39 is 11.8 Å².